The van der Waals surface area contributed by atoms with Crippen LogP contribution in [0.25, 0.3) is 0 Å². The zero-order valence-electron chi connectivity index (χ0n) is 9.89. The van der Waals surface area contributed by atoms with E-state index < -0.39 is 0 Å². The third kappa shape index (κ3) is 14.8. The molecule has 0 spiro atoms. The van der Waals surface area contributed by atoms with Gasteiger partial charge in [0, 0.05) is 13.2 Å². The first kappa shape index (κ1) is 16.7. The molecular formula is C12H27ClO. The summed E-state index contributed by atoms with van der Waals surface area (Å²) in [6.07, 6.45) is 11.1. The maximum Gasteiger partial charge on any atom is 0.0465 e. The Hall–Kier alpha value is 0.250. The Kier molecular flexibility index (Phi) is 18.7. The largest absolute Gasteiger partial charge is 0.382 e. The number of unbranched alkanes of at least 4 members (excludes halogenated alkanes) is 7. The number of halogens is 1. The Morgan fingerprint density at radius 2 is 1.21 bits per heavy atom. The Morgan fingerprint density at radius 1 is 0.714 bits per heavy atom. The van der Waals surface area contributed by atoms with Crippen molar-refractivity contribution in [1.29, 1.82) is 0 Å². The van der Waals surface area contributed by atoms with E-state index in [4.69, 9.17) is 4.74 Å². The van der Waals surface area contributed by atoms with E-state index in [2.05, 4.69) is 13.8 Å². The molecule has 0 aromatic heterocycles. The van der Waals surface area contributed by atoms with Crippen LogP contribution < -0.4 is 0 Å². The lowest BCUT2D eigenvalue weighted by molar-refractivity contribution is 0.143. The lowest BCUT2D eigenvalue weighted by atomic mass is 10.1. The van der Waals surface area contributed by atoms with Crippen LogP contribution in [0.1, 0.15) is 65.2 Å². The van der Waals surface area contributed by atoms with Crippen molar-refractivity contribution < 1.29 is 4.74 Å². The summed E-state index contributed by atoms with van der Waals surface area (Å²) in [6, 6.07) is 0. The summed E-state index contributed by atoms with van der Waals surface area (Å²) in [5.41, 5.74) is 0. The first-order chi connectivity index (χ1) is 6.41. The quantitative estimate of drug-likeness (QED) is 0.492. The smallest absolute Gasteiger partial charge is 0.0465 e. The third-order valence-corrected chi connectivity index (χ3v) is 2.35. The molecule has 0 rings (SSSR count). The minimum atomic E-state index is 0. The maximum absolute atomic E-state index is 5.28. The molecule has 0 saturated carbocycles. The molecule has 0 aliphatic heterocycles. The first-order valence-electron chi connectivity index (χ1n) is 5.99. The van der Waals surface area contributed by atoms with E-state index in [0.717, 1.165) is 13.2 Å². The highest BCUT2D eigenvalue weighted by atomic mass is 35.5. The highest BCUT2D eigenvalue weighted by molar-refractivity contribution is 5.85. The molecule has 2 heteroatoms. The molecule has 14 heavy (non-hydrogen) atoms. The SMILES string of the molecule is CCCCCCCCCCOCC.Cl. The highest BCUT2D eigenvalue weighted by Gasteiger charge is 1.90. The summed E-state index contributed by atoms with van der Waals surface area (Å²) < 4.78 is 5.28. The van der Waals surface area contributed by atoms with Crippen molar-refractivity contribution in [3.05, 3.63) is 0 Å². The normalized spacial score (nSPS) is 9.86. The van der Waals surface area contributed by atoms with Crippen LogP contribution in [0.2, 0.25) is 0 Å². The molecule has 0 fully saturated rings. The zero-order chi connectivity index (χ0) is 9.78. The molecule has 0 N–H and O–H groups in total. The van der Waals surface area contributed by atoms with E-state index in [9.17, 15) is 0 Å². The topological polar surface area (TPSA) is 9.23 Å². The van der Waals surface area contributed by atoms with Gasteiger partial charge in [-0.05, 0) is 13.3 Å². The highest BCUT2D eigenvalue weighted by Crippen LogP contribution is 2.08. The second-order valence-electron chi connectivity index (χ2n) is 3.67. The van der Waals surface area contributed by atoms with Crippen molar-refractivity contribution in [2.45, 2.75) is 65.2 Å². The molecule has 0 aliphatic rings. The van der Waals surface area contributed by atoms with Crippen LogP contribution in [-0.4, -0.2) is 13.2 Å². The van der Waals surface area contributed by atoms with Gasteiger partial charge >= 0.3 is 0 Å². The monoisotopic (exact) mass is 222 g/mol. The molecule has 0 bridgehead atoms. The van der Waals surface area contributed by atoms with Crippen LogP contribution in [0, 0.1) is 0 Å². The van der Waals surface area contributed by atoms with Gasteiger partial charge in [-0.15, -0.1) is 12.4 Å². The maximum atomic E-state index is 5.28. The van der Waals surface area contributed by atoms with E-state index in [1.54, 1.807) is 0 Å². The average Bonchev–Trinajstić information content (AvgIpc) is 2.16. The molecule has 0 amide bonds. The molecule has 0 atom stereocenters. The Labute approximate surface area is 96.0 Å². The van der Waals surface area contributed by atoms with Crippen molar-refractivity contribution in [1.82, 2.24) is 0 Å². The van der Waals surface area contributed by atoms with Crippen molar-refractivity contribution in [3.8, 4) is 0 Å². The van der Waals surface area contributed by atoms with E-state index in [0.29, 0.717) is 0 Å². The lowest BCUT2D eigenvalue weighted by Crippen LogP contribution is -1.92. The Balaban J connectivity index is 0. The van der Waals surface area contributed by atoms with Crippen LogP contribution in [0.15, 0.2) is 0 Å². The van der Waals surface area contributed by atoms with Crippen LogP contribution in [-0.2, 0) is 4.74 Å². The fourth-order valence-electron chi connectivity index (χ4n) is 1.48. The van der Waals surface area contributed by atoms with Gasteiger partial charge in [-0.1, -0.05) is 51.9 Å². The molecule has 88 valence electrons. The van der Waals surface area contributed by atoms with Gasteiger partial charge in [0.1, 0.15) is 0 Å². The van der Waals surface area contributed by atoms with Gasteiger partial charge in [-0.3, -0.25) is 0 Å². The minimum Gasteiger partial charge on any atom is -0.382 e. The number of ether oxygens (including phenoxy) is 1. The minimum absolute atomic E-state index is 0. The van der Waals surface area contributed by atoms with Crippen molar-refractivity contribution in [2.75, 3.05) is 13.2 Å². The summed E-state index contributed by atoms with van der Waals surface area (Å²) in [7, 11) is 0. The van der Waals surface area contributed by atoms with Gasteiger partial charge in [0.15, 0.2) is 0 Å². The summed E-state index contributed by atoms with van der Waals surface area (Å²) in [5, 5.41) is 0. The van der Waals surface area contributed by atoms with Gasteiger partial charge in [-0.2, -0.15) is 0 Å². The van der Waals surface area contributed by atoms with Gasteiger partial charge < -0.3 is 4.74 Å². The predicted octanol–water partition coefficient (Wildman–Crippen LogP) is 4.59. The van der Waals surface area contributed by atoms with Gasteiger partial charge in [0.2, 0.25) is 0 Å². The van der Waals surface area contributed by atoms with Gasteiger partial charge in [0.25, 0.3) is 0 Å². The van der Waals surface area contributed by atoms with Gasteiger partial charge in [0.05, 0.1) is 0 Å². The molecule has 0 aliphatic carbocycles. The zero-order valence-corrected chi connectivity index (χ0v) is 10.7. The standard InChI is InChI=1S/C12H26O.ClH/c1-3-5-6-7-8-9-10-11-12-13-4-2;/h3-12H2,1-2H3;1H. The molecule has 0 aromatic rings. The van der Waals surface area contributed by atoms with Crippen LogP contribution in [0.3, 0.4) is 0 Å². The van der Waals surface area contributed by atoms with Crippen molar-refractivity contribution in [3.63, 3.8) is 0 Å². The third-order valence-electron chi connectivity index (χ3n) is 2.35. The van der Waals surface area contributed by atoms with Crippen LogP contribution >= 0.6 is 12.4 Å². The van der Waals surface area contributed by atoms with Gasteiger partial charge in [-0.25, -0.2) is 0 Å². The summed E-state index contributed by atoms with van der Waals surface area (Å²) in [4.78, 5) is 0. The van der Waals surface area contributed by atoms with Crippen LogP contribution in [0.4, 0.5) is 0 Å². The number of rotatable bonds is 10. The first-order valence-corrected chi connectivity index (χ1v) is 5.99. The Morgan fingerprint density at radius 3 is 1.71 bits per heavy atom. The molecule has 0 aromatic carbocycles. The molecule has 1 nitrogen and oxygen atoms in total. The van der Waals surface area contributed by atoms with E-state index in [1.807, 2.05) is 0 Å². The number of hydrogen-bond acceptors (Lipinski definition) is 1. The Bertz CT molecular complexity index is 76.4. The van der Waals surface area contributed by atoms with Crippen molar-refractivity contribution >= 4 is 12.4 Å². The second-order valence-corrected chi connectivity index (χ2v) is 3.67. The number of hydrogen-bond donors (Lipinski definition) is 0. The molecule has 0 unspecified atom stereocenters. The molecule has 0 saturated heterocycles. The predicted molar refractivity (Wildman–Crippen MR) is 66.4 cm³/mol. The fourth-order valence-corrected chi connectivity index (χ4v) is 1.48. The molecular weight excluding hydrogens is 196 g/mol. The van der Waals surface area contributed by atoms with E-state index in [1.165, 1.54) is 51.4 Å². The summed E-state index contributed by atoms with van der Waals surface area (Å²) in [6.45, 7) is 6.16. The van der Waals surface area contributed by atoms with Crippen molar-refractivity contribution in [2.24, 2.45) is 0 Å². The van der Waals surface area contributed by atoms with E-state index >= 15 is 0 Å². The van der Waals surface area contributed by atoms with Crippen LogP contribution in [0.5, 0.6) is 0 Å². The second kappa shape index (κ2) is 15.7. The summed E-state index contributed by atoms with van der Waals surface area (Å²) >= 11 is 0. The summed E-state index contributed by atoms with van der Waals surface area (Å²) in [5.74, 6) is 0. The fraction of sp³-hybridized carbons (Fsp3) is 1.00. The van der Waals surface area contributed by atoms with E-state index in [-0.39, 0.29) is 12.4 Å². The average molecular weight is 223 g/mol. The lowest BCUT2D eigenvalue weighted by Gasteiger charge is -2.01. The molecule has 0 radical (unpaired) electrons. The molecule has 0 heterocycles.